The lowest BCUT2D eigenvalue weighted by Gasteiger charge is -2.08. The number of carbonyl (C=O) groups excluding carboxylic acids is 1. The molecule has 0 fully saturated rings. The zero-order valence-corrected chi connectivity index (χ0v) is 11.1. The molecule has 0 bridgehead atoms. The van der Waals surface area contributed by atoms with E-state index in [9.17, 15) is 13.6 Å². The van der Waals surface area contributed by atoms with Gasteiger partial charge in [-0.05, 0) is 19.1 Å². The Morgan fingerprint density at radius 1 is 1.40 bits per heavy atom. The van der Waals surface area contributed by atoms with E-state index in [-0.39, 0.29) is 5.56 Å². The number of carbonyl (C=O) groups is 1. The monoisotopic (exact) mass is 280 g/mol. The van der Waals surface area contributed by atoms with Crippen molar-refractivity contribution in [2.24, 2.45) is 7.05 Å². The smallest absolute Gasteiger partial charge is 0.230 e. The average Bonchev–Trinajstić information content (AvgIpc) is 2.61. The van der Waals surface area contributed by atoms with Crippen molar-refractivity contribution >= 4 is 17.4 Å². The molecule has 1 aromatic heterocycles. The molecule has 0 unspecified atom stereocenters. The first kappa shape index (κ1) is 14.0. The topological polar surface area (TPSA) is 72.9 Å². The van der Waals surface area contributed by atoms with Crippen molar-refractivity contribution in [3.05, 3.63) is 41.1 Å². The number of amides is 1. The van der Waals surface area contributed by atoms with Crippen LogP contribution in [0.3, 0.4) is 0 Å². The van der Waals surface area contributed by atoms with Crippen molar-refractivity contribution < 1.29 is 13.6 Å². The Bertz CT molecular complexity index is 646. The molecule has 5 nitrogen and oxygen atoms in total. The number of nitrogen functional groups attached to an aromatic ring is 1. The van der Waals surface area contributed by atoms with Crippen LogP contribution in [0.15, 0.2) is 18.2 Å². The van der Waals surface area contributed by atoms with Crippen LogP contribution < -0.4 is 11.1 Å². The summed E-state index contributed by atoms with van der Waals surface area (Å²) in [7, 11) is 1.61. The zero-order valence-electron chi connectivity index (χ0n) is 11.1. The number of hydrogen-bond donors (Lipinski definition) is 2. The van der Waals surface area contributed by atoms with Crippen LogP contribution in [-0.2, 0) is 18.3 Å². The zero-order chi connectivity index (χ0) is 14.9. The molecule has 0 atom stereocenters. The molecular formula is C13H14F2N4O. The van der Waals surface area contributed by atoms with E-state index in [0.717, 1.165) is 12.1 Å². The van der Waals surface area contributed by atoms with E-state index in [2.05, 4.69) is 10.4 Å². The molecule has 0 aliphatic carbocycles. The van der Waals surface area contributed by atoms with Crippen LogP contribution in [0.4, 0.5) is 20.3 Å². The Hall–Kier alpha value is -2.44. The van der Waals surface area contributed by atoms with Crippen LogP contribution >= 0.6 is 0 Å². The quantitative estimate of drug-likeness (QED) is 0.900. The lowest BCUT2D eigenvalue weighted by atomic mass is 10.1. The molecular weight excluding hydrogens is 266 g/mol. The maximum absolute atomic E-state index is 13.5. The summed E-state index contributed by atoms with van der Waals surface area (Å²) in [4.78, 5) is 11.9. The van der Waals surface area contributed by atoms with Gasteiger partial charge in [0.2, 0.25) is 5.91 Å². The molecule has 7 heteroatoms. The molecule has 1 amide bonds. The van der Waals surface area contributed by atoms with Crippen LogP contribution in [0.5, 0.6) is 0 Å². The number of hydrogen-bond acceptors (Lipinski definition) is 3. The van der Waals surface area contributed by atoms with Gasteiger partial charge < -0.3 is 11.1 Å². The van der Waals surface area contributed by atoms with E-state index in [1.165, 1.54) is 10.7 Å². The second kappa shape index (κ2) is 5.28. The van der Waals surface area contributed by atoms with Gasteiger partial charge in [0.05, 0.1) is 17.8 Å². The minimum atomic E-state index is -0.755. The third-order valence-corrected chi connectivity index (χ3v) is 2.93. The summed E-state index contributed by atoms with van der Waals surface area (Å²) in [5.74, 6) is -1.77. The summed E-state index contributed by atoms with van der Waals surface area (Å²) in [6, 6.07) is 3.46. The third-order valence-electron chi connectivity index (χ3n) is 2.93. The molecule has 106 valence electrons. The highest BCUT2D eigenvalue weighted by Crippen LogP contribution is 2.21. The van der Waals surface area contributed by atoms with Gasteiger partial charge >= 0.3 is 0 Å². The molecule has 0 aliphatic rings. The van der Waals surface area contributed by atoms with E-state index >= 15 is 0 Å². The Kier molecular flexibility index (Phi) is 3.69. The van der Waals surface area contributed by atoms with Gasteiger partial charge in [-0.15, -0.1) is 0 Å². The van der Waals surface area contributed by atoms with Gasteiger partial charge in [0.15, 0.2) is 5.82 Å². The summed E-state index contributed by atoms with van der Waals surface area (Å²) in [5.41, 5.74) is 6.38. The minimum Gasteiger partial charge on any atom is -0.394 e. The first-order valence-electron chi connectivity index (χ1n) is 5.92. The van der Waals surface area contributed by atoms with Crippen molar-refractivity contribution in [3.63, 3.8) is 0 Å². The third kappa shape index (κ3) is 2.61. The van der Waals surface area contributed by atoms with Crippen molar-refractivity contribution in [2.75, 3.05) is 11.1 Å². The predicted octanol–water partition coefficient (Wildman–Crippen LogP) is 1.77. The Balaban J connectivity index is 2.18. The standard InChI is InChI=1S/C13H14F2N4O/c1-7-12(16)13(19(2)18-7)17-11(20)6-8-9(14)4-3-5-10(8)15/h3-5H,6,16H2,1-2H3,(H,17,20). The predicted molar refractivity (Wildman–Crippen MR) is 71.0 cm³/mol. The number of halogens is 2. The Labute approximate surface area is 114 Å². The lowest BCUT2D eigenvalue weighted by molar-refractivity contribution is -0.115. The second-order valence-corrected chi connectivity index (χ2v) is 4.40. The van der Waals surface area contributed by atoms with E-state index < -0.39 is 24.0 Å². The second-order valence-electron chi connectivity index (χ2n) is 4.40. The minimum absolute atomic E-state index is 0.275. The number of rotatable bonds is 3. The van der Waals surface area contributed by atoms with Crippen LogP contribution in [0.1, 0.15) is 11.3 Å². The van der Waals surface area contributed by atoms with Gasteiger partial charge in [-0.1, -0.05) is 6.07 Å². The highest BCUT2D eigenvalue weighted by atomic mass is 19.1. The first-order chi connectivity index (χ1) is 9.40. The van der Waals surface area contributed by atoms with E-state index in [0.29, 0.717) is 17.2 Å². The first-order valence-corrected chi connectivity index (χ1v) is 5.92. The number of benzene rings is 1. The van der Waals surface area contributed by atoms with Gasteiger partial charge in [0.1, 0.15) is 11.6 Å². The van der Waals surface area contributed by atoms with Gasteiger partial charge in [-0.2, -0.15) is 5.10 Å². The van der Waals surface area contributed by atoms with Gasteiger partial charge in [-0.3, -0.25) is 9.48 Å². The Morgan fingerprint density at radius 3 is 2.50 bits per heavy atom. The van der Waals surface area contributed by atoms with Gasteiger partial charge in [0.25, 0.3) is 0 Å². The van der Waals surface area contributed by atoms with Crippen LogP contribution in [0, 0.1) is 18.6 Å². The number of nitrogens with zero attached hydrogens (tertiary/aromatic N) is 2. The summed E-state index contributed by atoms with van der Waals surface area (Å²) < 4.78 is 28.3. The van der Waals surface area contributed by atoms with Crippen molar-refractivity contribution in [1.29, 1.82) is 0 Å². The molecule has 1 aromatic carbocycles. The number of nitrogens with one attached hydrogen (secondary N) is 1. The molecule has 0 radical (unpaired) electrons. The van der Waals surface area contributed by atoms with E-state index in [1.54, 1.807) is 14.0 Å². The SMILES string of the molecule is Cc1nn(C)c(NC(=O)Cc2c(F)cccc2F)c1N. The molecule has 2 rings (SSSR count). The fourth-order valence-electron chi connectivity index (χ4n) is 1.86. The fraction of sp³-hybridized carbons (Fsp3) is 0.231. The molecule has 0 saturated carbocycles. The molecule has 3 N–H and O–H groups in total. The highest BCUT2D eigenvalue weighted by Gasteiger charge is 2.16. The molecule has 0 spiro atoms. The number of nitrogens with two attached hydrogens (primary N) is 1. The maximum atomic E-state index is 13.5. The maximum Gasteiger partial charge on any atom is 0.230 e. The number of aromatic nitrogens is 2. The summed E-state index contributed by atoms with van der Waals surface area (Å²) in [6.45, 7) is 1.70. The number of aryl methyl sites for hydroxylation is 2. The molecule has 2 aromatic rings. The fourth-order valence-corrected chi connectivity index (χ4v) is 1.86. The largest absolute Gasteiger partial charge is 0.394 e. The van der Waals surface area contributed by atoms with Crippen molar-refractivity contribution in [1.82, 2.24) is 9.78 Å². The normalized spacial score (nSPS) is 10.6. The molecule has 0 aliphatic heterocycles. The van der Waals surface area contributed by atoms with Gasteiger partial charge in [-0.25, -0.2) is 8.78 Å². The van der Waals surface area contributed by atoms with E-state index in [1.807, 2.05) is 0 Å². The number of anilines is 2. The van der Waals surface area contributed by atoms with Crippen LogP contribution in [-0.4, -0.2) is 15.7 Å². The summed E-state index contributed by atoms with van der Waals surface area (Å²) >= 11 is 0. The summed E-state index contributed by atoms with van der Waals surface area (Å²) in [6.07, 6.45) is -0.415. The molecule has 0 saturated heterocycles. The molecule has 20 heavy (non-hydrogen) atoms. The Morgan fingerprint density at radius 2 is 2.00 bits per heavy atom. The van der Waals surface area contributed by atoms with Crippen molar-refractivity contribution in [3.8, 4) is 0 Å². The lowest BCUT2D eigenvalue weighted by Crippen LogP contribution is -2.19. The van der Waals surface area contributed by atoms with Crippen molar-refractivity contribution in [2.45, 2.75) is 13.3 Å². The van der Waals surface area contributed by atoms with E-state index in [4.69, 9.17) is 5.73 Å². The van der Waals surface area contributed by atoms with Gasteiger partial charge in [0, 0.05) is 12.6 Å². The molecule has 1 heterocycles. The van der Waals surface area contributed by atoms with Crippen LogP contribution in [0.2, 0.25) is 0 Å². The highest BCUT2D eigenvalue weighted by molar-refractivity contribution is 5.94. The van der Waals surface area contributed by atoms with Crippen LogP contribution in [0.25, 0.3) is 0 Å². The summed E-state index contributed by atoms with van der Waals surface area (Å²) in [5, 5.41) is 6.54. The average molecular weight is 280 g/mol.